The van der Waals surface area contributed by atoms with Crippen LogP contribution in [0, 0.1) is 0 Å². The number of hydrogen-bond acceptors (Lipinski definition) is 24. The van der Waals surface area contributed by atoms with Crippen LogP contribution >= 0.6 is 0 Å². The second kappa shape index (κ2) is 20.1. The Labute approximate surface area is 372 Å². The van der Waals surface area contributed by atoms with Gasteiger partial charge in [0.25, 0.3) is 0 Å². The van der Waals surface area contributed by atoms with Gasteiger partial charge in [-0.05, 0) is 42.0 Å². The summed E-state index contributed by atoms with van der Waals surface area (Å²) in [6.07, 6.45) is -25.1. The Kier molecular flexibility index (Phi) is 14.8. The van der Waals surface area contributed by atoms with Crippen LogP contribution in [0.5, 0.6) is 40.2 Å². The number of aromatic hydroxyl groups is 4. The van der Waals surface area contributed by atoms with Crippen LogP contribution in [0.2, 0.25) is 0 Å². The lowest BCUT2D eigenvalue weighted by Crippen LogP contribution is -2.60. The average Bonchev–Trinajstić information content (AvgIpc) is 3.30. The van der Waals surface area contributed by atoms with Gasteiger partial charge in [0, 0.05) is 23.8 Å². The maximum absolute atomic E-state index is 12.5. The molecular formula is C42H48O24. The fourth-order valence-corrected chi connectivity index (χ4v) is 7.34. The number of hydrogen-bond donors (Lipinski definition) is 15. The molecule has 4 aliphatic heterocycles. The van der Waals surface area contributed by atoms with Gasteiger partial charge in [0.1, 0.15) is 109 Å². The molecule has 0 aliphatic carbocycles. The van der Waals surface area contributed by atoms with Crippen LogP contribution in [0.1, 0.15) is 22.8 Å². The molecule has 0 amide bonds. The summed E-state index contributed by atoms with van der Waals surface area (Å²) in [6.45, 7) is -2.34. The number of phenolic OH excluding ortho intramolecular Hbond substituents is 4. The van der Waals surface area contributed by atoms with Gasteiger partial charge in [0.2, 0.25) is 24.6 Å². The van der Waals surface area contributed by atoms with E-state index in [0.29, 0.717) is 5.56 Å². The zero-order valence-electron chi connectivity index (χ0n) is 34.1. The first-order valence-corrected chi connectivity index (χ1v) is 20.1. The third-order valence-electron chi connectivity index (χ3n) is 11.1. The Morgan fingerprint density at radius 1 is 0.591 bits per heavy atom. The van der Waals surface area contributed by atoms with E-state index in [2.05, 4.69) is 0 Å². The van der Waals surface area contributed by atoms with Crippen molar-refractivity contribution in [1.29, 1.82) is 0 Å². The van der Waals surface area contributed by atoms with Crippen molar-refractivity contribution in [2.45, 2.75) is 98.2 Å². The predicted molar refractivity (Wildman–Crippen MR) is 214 cm³/mol. The number of carbonyl (C=O) groups is 1. The minimum Gasteiger partial charge on any atom is -0.508 e. The zero-order valence-corrected chi connectivity index (χ0v) is 34.1. The molecule has 0 bridgehead atoms. The maximum atomic E-state index is 12.5. The molecule has 4 heterocycles. The molecule has 15 N–H and O–H groups in total. The van der Waals surface area contributed by atoms with Crippen molar-refractivity contribution in [3.8, 4) is 40.2 Å². The van der Waals surface area contributed by atoms with Crippen molar-refractivity contribution in [3.05, 3.63) is 77.1 Å². The standard InChI is InChI=1S/C42H48O24/c43-12-25-30(50)33(53)36(56)41(64-25)62-23-8-16(7-20(47)29(23)49)39-24(63-42-37(57)34(54)31(51)26(13-44)65-42)11-19-21(60-39)9-18(46)10-22(19)61-40-38(58)35(55)32(52)27(66-40)14-59-28(48)6-3-15-1-4-17(45)5-2-15/h1-11,25-27,30-47,49-58H,12-14H2. The summed E-state index contributed by atoms with van der Waals surface area (Å²) >= 11 is 0. The molecule has 24 nitrogen and oxygen atoms in total. The number of phenols is 4. The molecule has 0 radical (unpaired) electrons. The van der Waals surface area contributed by atoms with Crippen molar-refractivity contribution in [1.82, 2.24) is 0 Å². The van der Waals surface area contributed by atoms with Crippen LogP contribution < -0.4 is 14.2 Å². The quantitative estimate of drug-likeness (QED) is 0.0448. The molecular weight excluding hydrogens is 888 g/mol. The van der Waals surface area contributed by atoms with E-state index < -0.39 is 153 Å². The fraction of sp³-hybridized carbons (Fsp3) is 0.452. The predicted octanol–water partition coefficient (Wildman–Crippen LogP) is -3.58. The molecule has 24 heteroatoms. The maximum Gasteiger partial charge on any atom is 0.330 e. The van der Waals surface area contributed by atoms with E-state index in [1.165, 1.54) is 36.4 Å². The highest BCUT2D eigenvalue weighted by atomic mass is 16.7. The molecule has 0 saturated carbocycles. The number of esters is 1. The Bertz CT molecular complexity index is 2230. The summed E-state index contributed by atoms with van der Waals surface area (Å²) in [5, 5.41) is 157. The van der Waals surface area contributed by atoms with Crippen molar-refractivity contribution < 1.29 is 119 Å². The Balaban J connectivity index is 1.19. The first-order valence-electron chi connectivity index (χ1n) is 20.1. The second-order valence-electron chi connectivity index (χ2n) is 15.6. The van der Waals surface area contributed by atoms with Gasteiger partial charge >= 0.3 is 5.97 Å². The first-order chi connectivity index (χ1) is 31.4. The third-order valence-corrected chi connectivity index (χ3v) is 11.1. The molecule has 7 rings (SSSR count). The molecule has 16 unspecified atom stereocenters. The summed E-state index contributed by atoms with van der Waals surface area (Å²) in [4.78, 5) is 12.5. The van der Waals surface area contributed by atoms with Gasteiger partial charge < -0.3 is 114 Å². The molecule has 16 atom stereocenters. The van der Waals surface area contributed by atoms with E-state index >= 15 is 0 Å². The van der Waals surface area contributed by atoms with Gasteiger partial charge in [-0.25, -0.2) is 4.79 Å². The topological polar surface area (TPSA) is 394 Å². The van der Waals surface area contributed by atoms with Gasteiger partial charge in [-0.1, -0.05) is 12.1 Å². The molecule has 66 heavy (non-hydrogen) atoms. The van der Waals surface area contributed by atoms with E-state index in [4.69, 9.17) is 37.9 Å². The van der Waals surface area contributed by atoms with Crippen LogP contribution in [0.4, 0.5) is 0 Å². The van der Waals surface area contributed by atoms with Crippen molar-refractivity contribution in [3.63, 3.8) is 0 Å². The molecule has 3 fully saturated rings. The van der Waals surface area contributed by atoms with Gasteiger partial charge in [-0.15, -0.1) is 0 Å². The minimum atomic E-state index is -1.99. The number of fused-ring (bicyclic) bond motifs is 1. The van der Waals surface area contributed by atoms with E-state index in [-0.39, 0.29) is 28.4 Å². The smallest absolute Gasteiger partial charge is 0.330 e. The Morgan fingerprint density at radius 2 is 1.12 bits per heavy atom. The molecule has 4 aliphatic rings. The molecule has 0 aromatic heterocycles. The first kappa shape index (κ1) is 48.4. The minimum absolute atomic E-state index is 0.00558. The van der Waals surface area contributed by atoms with E-state index in [1.54, 1.807) is 0 Å². The van der Waals surface area contributed by atoms with Crippen molar-refractivity contribution >= 4 is 18.1 Å². The van der Waals surface area contributed by atoms with Gasteiger partial charge in [-0.2, -0.15) is 0 Å². The lowest BCUT2D eigenvalue weighted by molar-refractivity contribution is -0.293. The second-order valence-corrected chi connectivity index (χ2v) is 15.6. The molecule has 3 saturated heterocycles. The van der Waals surface area contributed by atoms with Gasteiger partial charge in [-0.3, -0.25) is 0 Å². The van der Waals surface area contributed by atoms with E-state index in [1.807, 2.05) is 0 Å². The summed E-state index contributed by atoms with van der Waals surface area (Å²) in [7, 11) is 0. The molecule has 3 aromatic carbocycles. The molecule has 360 valence electrons. The zero-order chi connectivity index (χ0) is 47.7. The van der Waals surface area contributed by atoms with Gasteiger partial charge in [0.15, 0.2) is 17.6 Å². The SMILES string of the molecule is O=C(C=Cc1ccc(O)cc1)OCC1OC(Oc2cc(O)cc3c2C=C(OC2OC(CO)C(O)C(O)C2O)C(c2cc(O)c(O)c(OC4OC(CO)C(O)C(O)C4O)c2)O3)C(O)C(O)C1O. The van der Waals surface area contributed by atoms with Crippen LogP contribution in [-0.4, -0.2) is 195 Å². The van der Waals surface area contributed by atoms with Crippen LogP contribution in [0.15, 0.2) is 60.4 Å². The normalized spacial score (nSPS) is 34.4. The lowest BCUT2D eigenvalue weighted by Gasteiger charge is -2.41. The lowest BCUT2D eigenvalue weighted by atomic mass is 9.98. The number of rotatable bonds is 13. The average molecular weight is 937 g/mol. The highest BCUT2D eigenvalue weighted by Crippen LogP contribution is 2.48. The fourth-order valence-electron chi connectivity index (χ4n) is 7.34. The Morgan fingerprint density at radius 3 is 1.70 bits per heavy atom. The number of ether oxygens (including phenoxy) is 8. The van der Waals surface area contributed by atoms with Gasteiger partial charge in [0.05, 0.1) is 18.8 Å². The number of aliphatic hydroxyl groups is 11. The van der Waals surface area contributed by atoms with Crippen LogP contribution in [0.25, 0.3) is 12.2 Å². The summed E-state index contributed by atoms with van der Waals surface area (Å²) in [5.41, 5.74) is 0.247. The van der Waals surface area contributed by atoms with Crippen LogP contribution in [0.3, 0.4) is 0 Å². The Hall–Kier alpha value is -5.55. The summed E-state index contributed by atoms with van der Waals surface area (Å²) in [5.74, 6) is -4.86. The largest absolute Gasteiger partial charge is 0.508 e. The molecule has 0 spiro atoms. The van der Waals surface area contributed by atoms with Crippen molar-refractivity contribution in [2.24, 2.45) is 0 Å². The highest BCUT2D eigenvalue weighted by Gasteiger charge is 2.49. The van der Waals surface area contributed by atoms with Crippen LogP contribution in [-0.2, 0) is 28.5 Å². The van der Waals surface area contributed by atoms with Crippen molar-refractivity contribution in [2.75, 3.05) is 19.8 Å². The number of benzene rings is 3. The van der Waals surface area contributed by atoms with E-state index in [0.717, 1.165) is 30.3 Å². The summed E-state index contributed by atoms with van der Waals surface area (Å²) < 4.78 is 45.6. The number of carbonyl (C=O) groups excluding carboxylic acids is 1. The monoisotopic (exact) mass is 936 g/mol. The summed E-state index contributed by atoms with van der Waals surface area (Å²) in [6, 6.07) is 9.92. The third kappa shape index (κ3) is 10.1. The highest BCUT2D eigenvalue weighted by molar-refractivity contribution is 5.87. The molecule has 3 aromatic rings. The number of aliphatic hydroxyl groups excluding tert-OH is 11. The van der Waals surface area contributed by atoms with E-state index in [9.17, 15) is 81.4 Å².